The van der Waals surface area contributed by atoms with Crippen molar-refractivity contribution in [3.05, 3.63) is 0 Å². The summed E-state index contributed by atoms with van der Waals surface area (Å²) in [7, 11) is 2.14. The second-order valence-corrected chi connectivity index (χ2v) is 4.90. The maximum atomic E-state index is 10.7. The van der Waals surface area contributed by atoms with E-state index in [2.05, 4.69) is 4.99 Å². The fourth-order valence-electron chi connectivity index (χ4n) is 0.824. The molecule has 110 valence electrons. The Morgan fingerprint density at radius 3 is 1.50 bits per heavy atom. The molecule has 0 aromatic heterocycles. The van der Waals surface area contributed by atoms with Crippen LogP contribution in [0, 0.1) is 0 Å². The molecule has 0 unspecified atom stereocenters. The SMILES string of the molecule is CCN=C(N(C)C)N(C)C.O=S(=O)(O)C(F)(F)F. The molecule has 0 radical (unpaired) electrons. The lowest BCUT2D eigenvalue weighted by atomic mass is 10.7. The summed E-state index contributed by atoms with van der Waals surface area (Å²) < 4.78 is 57.5. The van der Waals surface area contributed by atoms with Crippen LogP contribution in [0.15, 0.2) is 4.99 Å². The largest absolute Gasteiger partial charge is 0.522 e. The van der Waals surface area contributed by atoms with E-state index in [1.165, 1.54) is 0 Å². The van der Waals surface area contributed by atoms with Gasteiger partial charge in [-0.15, -0.1) is 0 Å². The summed E-state index contributed by atoms with van der Waals surface area (Å²) in [4.78, 5) is 8.30. The van der Waals surface area contributed by atoms with Crippen molar-refractivity contribution in [1.82, 2.24) is 9.80 Å². The van der Waals surface area contributed by atoms with Gasteiger partial charge in [-0.2, -0.15) is 21.6 Å². The lowest BCUT2D eigenvalue weighted by Crippen LogP contribution is -2.35. The molecule has 0 aromatic carbocycles. The molecule has 1 N–H and O–H groups in total. The third kappa shape index (κ3) is 8.12. The Hall–Kier alpha value is -1.03. The van der Waals surface area contributed by atoms with E-state index in [9.17, 15) is 13.2 Å². The van der Waals surface area contributed by atoms with E-state index in [1.807, 2.05) is 44.9 Å². The van der Waals surface area contributed by atoms with E-state index in [1.54, 1.807) is 0 Å². The minimum absolute atomic E-state index is 0.839. The van der Waals surface area contributed by atoms with Crippen molar-refractivity contribution < 1.29 is 26.1 Å². The van der Waals surface area contributed by atoms with Gasteiger partial charge in [0.1, 0.15) is 0 Å². The predicted molar refractivity (Wildman–Crippen MR) is 63.0 cm³/mol. The molecule has 0 aromatic rings. The third-order valence-corrected chi connectivity index (χ3v) is 1.98. The summed E-state index contributed by atoms with van der Waals surface area (Å²) in [5, 5.41) is 0. The Kier molecular flexibility index (Phi) is 7.96. The van der Waals surface area contributed by atoms with Gasteiger partial charge in [0.2, 0.25) is 0 Å². The Labute approximate surface area is 105 Å². The first-order valence-corrected chi connectivity index (χ1v) is 6.21. The highest BCUT2D eigenvalue weighted by Crippen LogP contribution is 2.20. The zero-order valence-corrected chi connectivity index (χ0v) is 11.7. The summed E-state index contributed by atoms with van der Waals surface area (Å²) in [6.45, 7) is 2.87. The minimum Gasteiger partial charge on any atom is -0.349 e. The van der Waals surface area contributed by atoms with Crippen molar-refractivity contribution in [2.24, 2.45) is 4.99 Å². The molecular weight excluding hydrogens is 275 g/mol. The molecule has 10 heteroatoms. The molecule has 0 amide bonds. The van der Waals surface area contributed by atoms with E-state index in [4.69, 9.17) is 13.0 Å². The van der Waals surface area contributed by atoms with Crippen LogP contribution in [0.2, 0.25) is 0 Å². The van der Waals surface area contributed by atoms with Crippen molar-refractivity contribution in [3.8, 4) is 0 Å². The highest BCUT2D eigenvalue weighted by molar-refractivity contribution is 7.86. The molecule has 0 bridgehead atoms. The molecular formula is C8H18F3N3O3S. The predicted octanol–water partition coefficient (Wildman–Crippen LogP) is 0.879. The number of alkyl halides is 3. The zero-order valence-electron chi connectivity index (χ0n) is 10.9. The summed E-state index contributed by atoms with van der Waals surface area (Å²) in [6.07, 6.45) is 0. The van der Waals surface area contributed by atoms with E-state index < -0.39 is 15.6 Å². The van der Waals surface area contributed by atoms with Gasteiger partial charge >= 0.3 is 15.6 Å². The first kappa shape index (κ1) is 19.3. The van der Waals surface area contributed by atoms with Gasteiger partial charge in [0, 0.05) is 34.7 Å². The lowest BCUT2D eigenvalue weighted by Gasteiger charge is -2.22. The van der Waals surface area contributed by atoms with E-state index in [-0.39, 0.29) is 0 Å². The van der Waals surface area contributed by atoms with Crippen LogP contribution in [0.1, 0.15) is 6.92 Å². The maximum absolute atomic E-state index is 10.7. The van der Waals surface area contributed by atoms with Gasteiger partial charge in [-0.25, -0.2) is 0 Å². The van der Waals surface area contributed by atoms with E-state index in [0.29, 0.717) is 0 Å². The van der Waals surface area contributed by atoms with Gasteiger partial charge in [-0.3, -0.25) is 9.55 Å². The Morgan fingerprint density at radius 1 is 1.17 bits per heavy atom. The van der Waals surface area contributed by atoms with Crippen molar-refractivity contribution in [3.63, 3.8) is 0 Å². The fraction of sp³-hybridized carbons (Fsp3) is 0.875. The monoisotopic (exact) mass is 293 g/mol. The smallest absolute Gasteiger partial charge is 0.349 e. The molecule has 18 heavy (non-hydrogen) atoms. The number of hydrogen-bond donors (Lipinski definition) is 1. The van der Waals surface area contributed by atoms with Crippen LogP contribution in [-0.4, -0.2) is 69.0 Å². The number of aliphatic imine (C=N–C) groups is 1. The van der Waals surface area contributed by atoms with E-state index >= 15 is 0 Å². The number of hydrogen-bond acceptors (Lipinski definition) is 3. The molecule has 0 atom stereocenters. The molecule has 0 rings (SSSR count). The zero-order chi connectivity index (χ0) is 15.1. The second-order valence-electron chi connectivity index (χ2n) is 3.48. The first-order valence-electron chi connectivity index (χ1n) is 4.77. The van der Waals surface area contributed by atoms with Crippen LogP contribution < -0.4 is 0 Å². The van der Waals surface area contributed by atoms with Gasteiger partial charge in [0.15, 0.2) is 5.96 Å². The van der Waals surface area contributed by atoms with Gasteiger partial charge in [-0.05, 0) is 6.92 Å². The Bertz CT molecular complexity index is 354. The van der Waals surface area contributed by atoms with Gasteiger partial charge in [-0.1, -0.05) is 0 Å². The Morgan fingerprint density at radius 2 is 1.44 bits per heavy atom. The topological polar surface area (TPSA) is 73.2 Å². The standard InChI is InChI=1S/C7H17N3.CHF3O3S/c1-6-8-7(9(2)3)10(4)5;2-1(3,4)8(5,6)7/h6H2,1-5H3;(H,5,6,7). The van der Waals surface area contributed by atoms with Crippen LogP contribution in [0.5, 0.6) is 0 Å². The van der Waals surface area contributed by atoms with Gasteiger partial charge in [0.25, 0.3) is 0 Å². The second kappa shape index (κ2) is 7.41. The highest BCUT2D eigenvalue weighted by Gasteiger charge is 2.44. The van der Waals surface area contributed by atoms with Gasteiger partial charge < -0.3 is 9.80 Å². The normalized spacial score (nSPS) is 11.2. The molecule has 6 nitrogen and oxygen atoms in total. The number of guanidine groups is 1. The number of halogens is 3. The van der Waals surface area contributed by atoms with Crippen molar-refractivity contribution in [2.75, 3.05) is 34.7 Å². The summed E-state index contributed by atoms with van der Waals surface area (Å²) in [5.41, 5.74) is -5.53. The van der Waals surface area contributed by atoms with Crippen molar-refractivity contribution >= 4 is 16.1 Å². The molecule has 0 aliphatic carbocycles. The quantitative estimate of drug-likeness (QED) is 0.336. The van der Waals surface area contributed by atoms with Crippen LogP contribution in [0.3, 0.4) is 0 Å². The molecule has 0 heterocycles. The van der Waals surface area contributed by atoms with Crippen LogP contribution in [0.25, 0.3) is 0 Å². The average Bonchev–Trinajstić information content (AvgIpc) is 2.10. The number of rotatable bonds is 1. The van der Waals surface area contributed by atoms with Crippen molar-refractivity contribution in [1.29, 1.82) is 0 Å². The van der Waals surface area contributed by atoms with Crippen LogP contribution >= 0.6 is 0 Å². The van der Waals surface area contributed by atoms with Gasteiger partial charge in [0.05, 0.1) is 0 Å². The van der Waals surface area contributed by atoms with Crippen molar-refractivity contribution in [2.45, 2.75) is 12.4 Å². The average molecular weight is 293 g/mol. The fourth-order valence-corrected chi connectivity index (χ4v) is 0.824. The maximum Gasteiger partial charge on any atom is 0.522 e. The van der Waals surface area contributed by atoms with Crippen LogP contribution in [0.4, 0.5) is 13.2 Å². The highest BCUT2D eigenvalue weighted by atomic mass is 32.2. The summed E-state index contributed by atoms with van der Waals surface area (Å²) in [6, 6.07) is 0. The molecule has 0 aliphatic rings. The van der Waals surface area contributed by atoms with Crippen LogP contribution in [-0.2, 0) is 10.1 Å². The summed E-state index contributed by atoms with van der Waals surface area (Å²) in [5.74, 6) is 1.02. The molecule has 0 saturated heterocycles. The third-order valence-electron chi connectivity index (χ3n) is 1.39. The number of nitrogens with zero attached hydrogens (tertiary/aromatic N) is 3. The molecule has 0 saturated carbocycles. The molecule has 0 aliphatic heterocycles. The summed E-state index contributed by atoms with van der Waals surface area (Å²) >= 11 is 0. The minimum atomic E-state index is -5.84. The molecule has 0 fully saturated rings. The lowest BCUT2D eigenvalue weighted by molar-refractivity contribution is -0.0510. The molecule has 0 spiro atoms. The Balaban J connectivity index is 0. The first-order chi connectivity index (χ1) is 7.84. The van der Waals surface area contributed by atoms with E-state index in [0.717, 1.165) is 12.5 Å².